The van der Waals surface area contributed by atoms with Gasteiger partial charge in [-0.05, 0) is 74.5 Å². The molecule has 21 heavy (non-hydrogen) atoms. The van der Waals surface area contributed by atoms with Crippen molar-refractivity contribution in [3.05, 3.63) is 12.2 Å². The fraction of sp³-hybridized carbons (Fsp3) is 0.833. The van der Waals surface area contributed by atoms with Crippen LogP contribution < -0.4 is 0 Å². The van der Waals surface area contributed by atoms with E-state index in [1.165, 1.54) is 12.8 Å². The van der Waals surface area contributed by atoms with Crippen LogP contribution >= 0.6 is 0 Å². The Labute approximate surface area is 126 Å². The molecule has 4 bridgehead atoms. The number of rotatable bonds is 4. The Hall–Kier alpha value is -0.830. The highest BCUT2D eigenvalue weighted by atomic mass is 16.5. The standard InChI is InChI=1S/C18H26O3/c1-9(2)21-18(20)15(8-19)13-6-12-7-14(13)17-11-4-3-10(5-11)16(12)17/h3-4,9-17,19H,5-8H2,1-2H3. The predicted molar refractivity (Wildman–Crippen MR) is 79.2 cm³/mol. The molecular weight excluding hydrogens is 264 g/mol. The second kappa shape index (κ2) is 4.84. The van der Waals surface area contributed by atoms with Crippen molar-refractivity contribution in [2.24, 2.45) is 47.3 Å². The van der Waals surface area contributed by atoms with E-state index in [0.717, 1.165) is 36.0 Å². The highest BCUT2D eigenvalue weighted by molar-refractivity contribution is 5.73. The zero-order valence-corrected chi connectivity index (χ0v) is 12.9. The van der Waals surface area contributed by atoms with Crippen molar-refractivity contribution in [1.82, 2.24) is 0 Å². The van der Waals surface area contributed by atoms with Crippen molar-refractivity contribution in [3.8, 4) is 0 Å². The molecule has 4 aliphatic carbocycles. The van der Waals surface area contributed by atoms with E-state index in [-0.39, 0.29) is 24.6 Å². The molecule has 4 aliphatic rings. The molecule has 3 saturated carbocycles. The molecule has 0 aromatic heterocycles. The number of fused-ring (bicyclic) bond motifs is 9. The maximum Gasteiger partial charge on any atom is 0.311 e. The normalized spacial score (nSPS) is 47.1. The zero-order valence-electron chi connectivity index (χ0n) is 12.9. The number of hydrogen-bond acceptors (Lipinski definition) is 3. The number of carbonyl (C=O) groups is 1. The summed E-state index contributed by atoms with van der Waals surface area (Å²) < 4.78 is 5.38. The summed E-state index contributed by atoms with van der Waals surface area (Å²) in [4.78, 5) is 12.3. The Morgan fingerprint density at radius 1 is 1.19 bits per heavy atom. The molecule has 0 saturated heterocycles. The average molecular weight is 290 g/mol. The van der Waals surface area contributed by atoms with Crippen LogP contribution in [0.4, 0.5) is 0 Å². The maximum atomic E-state index is 12.3. The summed E-state index contributed by atoms with van der Waals surface area (Å²) in [7, 11) is 0. The molecule has 8 unspecified atom stereocenters. The van der Waals surface area contributed by atoms with Crippen LogP contribution in [0.1, 0.15) is 33.1 Å². The molecule has 0 heterocycles. The van der Waals surface area contributed by atoms with Gasteiger partial charge in [0.05, 0.1) is 18.6 Å². The SMILES string of the molecule is CC(C)OC(=O)C(CO)C1CC2CC1C1C3C=CC(C3)C21. The first-order chi connectivity index (χ1) is 10.1. The van der Waals surface area contributed by atoms with Gasteiger partial charge in [-0.15, -0.1) is 0 Å². The number of aliphatic hydroxyl groups is 1. The molecule has 0 spiro atoms. The zero-order chi connectivity index (χ0) is 14.7. The quantitative estimate of drug-likeness (QED) is 0.492. The van der Waals surface area contributed by atoms with Gasteiger partial charge in [-0.3, -0.25) is 4.79 Å². The molecule has 0 radical (unpaired) electrons. The van der Waals surface area contributed by atoms with E-state index < -0.39 is 0 Å². The van der Waals surface area contributed by atoms with Gasteiger partial charge in [0.2, 0.25) is 0 Å². The summed E-state index contributed by atoms with van der Waals surface area (Å²) >= 11 is 0. The van der Waals surface area contributed by atoms with Crippen LogP contribution in [-0.2, 0) is 9.53 Å². The largest absolute Gasteiger partial charge is 0.463 e. The number of ether oxygens (including phenoxy) is 1. The summed E-state index contributed by atoms with van der Waals surface area (Å²) in [5.74, 6) is 4.51. The van der Waals surface area contributed by atoms with E-state index in [9.17, 15) is 9.90 Å². The van der Waals surface area contributed by atoms with Crippen LogP contribution in [0, 0.1) is 47.3 Å². The monoisotopic (exact) mass is 290 g/mol. The van der Waals surface area contributed by atoms with Gasteiger partial charge in [0, 0.05) is 0 Å². The van der Waals surface area contributed by atoms with Crippen molar-refractivity contribution in [2.75, 3.05) is 6.61 Å². The Bertz CT molecular complexity index is 469. The fourth-order valence-corrected chi connectivity index (χ4v) is 6.23. The first-order valence-electron chi connectivity index (χ1n) is 8.59. The van der Waals surface area contributed by atoms with Crippen molar-refractivity contribution in [3.63, 3.8) is 0 Å². The van der Waals surface area contributed by atoms with E-state index >= 15 is 0 Å². The molecule has 3 fully saturated rings. The molecule has 1 N–H and O–H groups in total. The molecule has 0 aliphatic heterocycles. The molecular formula is C18H26O3. The van der Waals surface area contributed by atoms with Crippen LogP contribution in [0.3, 0.4) is 0 Å². The van der Waals surface area contributed by atoms with Gasteiger partial charge >= 0.3 is 5.97 Å². The van der Waals surface area contributed by atoms with E-state index in [2.05, 4.69) is 12.2 Å². The highest BCUT2D eigenvalue weighted by Gasteiger charge is 2.62. The number of allylic oxidation sites excluding steroid dienone is 2. The minimum absolute atomic E-state index is 0.0548. The first-order valence-corrected chi connectivity index (χ1v) is 8.59. The predicted octanol–water partition coefficient (Wildman–Crippen LogP) is 2.64. The lowest BCUT2D eigenvalue weighted by Crippen LogP contribution is -2.39. The van der Waals surface area contributed by atoms with Gasteiger partial charge in [-0.1, -0.05) is 12.2 Å². The number of aliphatic hydroxyl groups excluding tert-OH is 1. The van der Waals surface area contributed by atoms with Crippen LogP contribution in [-0.4, -0.2) is 23.8 Å². The second-order valence-corrected chi connectivity index (χ2v) is 7.94. The molecule has 3 heteroatoms. The van der Waals surface area contributed by atoms with Gasteiger partial charge in [0.1, 0.15) is 0 Å². The number of esters is 1. The van der Waals surface area contributed by atoms with Crippen molar-refractivity contribution in [1.29, 1.82) is 0 Å². The third-order valence-corrected chi connectivity index (χ3v) is 6.69. The highest BCUT2D eigenvalue weighted by Crippen LogP contribution is 2.67. The van der Waals surface area contributed by atoms with Gasteiger partial charge in [0.15, 0.2) is 0 Å². The van der Waals surface area contributed by atoms with E-state index in [0.29, 0.717) is 11.8 Å². The first kappa shape index (κ1) is 13.8. The van der Waals surface area contributed by atoms with Crippen LogP contribution in [0.25, 0.3) is 0 Å². The summed E-state index contributed by atoms with van der Waals surface area (Å²) in [5, 5.41) is 9.76. The van der Waals surface area contributed by atoms with Crippen LogP contribution in [0.15, 0.2) is 12.2 Å². The smallest absolute Gasteiger partial charge is 0.311 e. The van der Waals surface area contributed by atoms with E-state index in [1.807, 2.05) is 13.8 Å². The third-order valence-electron chi connectivity index (χ3n) is 6.69. The number of carbonyl (C=O) groups excluding carboxylic acids is 1. The Morgan fingerprint density at radius 3 is 2.57 bits per heavy atom. The maximum absolute atomic E-state index is 12.3. The van der Waals surface area contributed by atoms with Crippen molar-refractivity contribution in [2.45, 2.75) is 39.2 Å². The lowest BCUT2D eigenvalue weighted by Gasteiger charge is -2.39. The van der Waals surface area contributed by atoms with Crippen LogP contribution in [0.2, 0.25) is 0 Å². The summed E-state index contributed by atoms with van der Waals surface area (Å²) in [6.07, 6.45) is 8.52. The van der Waals surface area contributed by atoms with Gasteiger partial charge in [-0.25, -0.2) is 0 Å². The molecule has 8 atom stereocenters. The Morgan fingerprint density at radius 2 is 1.90 bits per heavy atom. The van der Waals surface area contributed by atoms with E-state index in [1.54, 1.807) is 0 Å². The topological polar surface area (TPSA) is 46.5 Å². The van der Waals surface area contributed by atoms with Gasteiger partial charge < -0.3 is 9.84 Å². The molecule has 4 rings (SSSR count). The lowest BCUT2D eigenvalue weighted by atomic mass is 9.66. The summed E-state index contributed by atoms with van der Waals surface area (Å²) in [5.41, 5.74) is 0. The molecule has 0 amide bonds. The van der Waals surface area contributed by atoms with Gasteiger partial charge in [0.25, 0.3) is 0 Å². The Balaban J connectivity index is 1.53. The minimum Gasteiger partial charge on any atom is -0.463 e. The fourth-order valence-electron chi connectivity index (χ4n) is 6.23. The van der Waals surface area contributed by atoms with Crippen molar-refractivity contribution >= 4 is 5.97 Å². The molecule has 0 aromatic rings. The summed E-state index contributed by atoms with van der Waals surface area (Å²) in [6.45, 7) is 3.70. The second-order valence-electron chi connectivity index (χ2n) is 7.94. The van der Waals surface area contributed by atoms with Crippen molar-refractivity contribution < 1.29 is 14.6 Å². The van der Waals surface area contributed by atoms with Crippen LogP contribution in [0.5, 0.6) is 0 Å². The average Bonchev–Trinajstić information content (AvgIpc) is 3.17. The third kappa shape index (κ3) is 1.93. The summed E-state index contributed by atoms with van der Waals surface area (Å²) in [6, 6.07) is 0. The lowest BCUT2D eigenvalue weighted by molar-refractivity contribution is -0.157. The molecule has 116 valence electrons. The molecule has 3 nitrogen and oxygen atoms in total. The minimum atomic E-state index is -0.300. The van der Waals surface area contributed by atoms with E-state index in [4.69, 9.17) is 4.74 Å². The Kier molecular flexibility index (Phi) is 3.18. The number of hydrogen-bond donors (Lipinski definition) is 1. The van der Waals surface area contributed by atoms with Gasteiger partial charge in [-0.2, -0.15) is 0 Å². The molecule has 0 aromatic carbocycles.